The van der Waals surface area contributed by atoms with E-state index in [0.717, 1.165) is 35.5 Å². The fourth-order valence-corrected chi connectivity index (χ4v) is 3.67. The van der Waals surface area contributed by atoms with Crippen molar-refractivity contribution < 1.29 is 4.39 Å². The number of aryl methyl sites for hydroxylation is 2. The molecular formula is C21H24BrFN2. The Hall–Kier alpha value is -1.68. The van der Waals surface area contributed by atoms with Gasteiger partial charge in [-0.3, -0.25) is 0 Å². The van der Waals surface area contributed by atoms with Crippen LogP contribution < -0.4 is 0 Å². The van der Waals surface area contributed by atoms with Gasteiger partial charge in [-0.05, 0) is 83.4 Å². The molecule has 3 rings (SSSR count). The topological polar surface area (TPSA) is 15.6 Å². The van der Waals surface area contributed by atoms with Gasteiger partial charge in [0, 0.05) is 19.5 Å². The highest BCUT2D eigenvalue weighted by molar-refractivity contribution is 9.10. The van der Waals surface area contributed by atoms with Crippen molar-refractivity contribution in [1.82, 2.24) is 4.90 Å². The lowest BCUT2D eigenvalue weighted by Gasteiger charge is -2.24. The molecular weight excluding hydrogens is 379 g/mol. The van der Waals surface area contributed by atoms with Gasteiger partial charge in [0.25, 0.3) is 0 Å². The summed E-state index contributed by atoms with van der Waals surface area (Å²) in [5.41, 5.74) is 5.13. The molecule has 0 spiro atoms. The van der Waals surface area contributed by atoms with Crippen LogP contribution in [0.1, 0.15) is 41.5 Å². The van der Waals surface area contributed by atoms with Gasteiger partial charge in [0.05, 0.1) is 16.5 Å². The maximum absolute atomic E-state index is 14.2. The van der Waals surface area contributed by atoms with Crippen molar-refractivity contribution in [3.8, 4) is 0 Å². The Morgan fingerprint density at radius 1 is 1.08 bits per heavy atom. The second-order valence-corrected chi connectivity index (χ2v) is 7.65. The number of piperidine rings is 1. The molecule has 1 heterocycles. The summed E-state index contributed by atoms with van der Waals surface area (Å²) in [6.45, 7) is 6.34. The largest absolute Gasteiger partial charge is 0.363 e. The lowest BCUT2D eigenvalue weighted by Crippen LogP contribution is -2.28. The fourth-order valence-electron chi connectivity index (χ4n) is 3.26. The molecule has 0 N–H and O–H groups in total. The van der Waals surface area contributed by atoms with Gasteiger partial charge in [-0.15, -0.1) is 0 Å². The maximum atomic E-state index is 14.2. The molecule has 25 heavy (non-hydrogen) atoms. The number of rotatable bonds is 4. The first kappa shape index (κ1) is 18.1. The predicted octanol–water partition coefficient (Wildman–Crippen LogP) is 5.94. The molecule has 2 aromatic carbocycles. The van der Waals surface area contributed by atoms with Crippen molar-refractivity contribution in [2.24, 2.45) is 4.99 Å². The summed E-state index contributed by atoms with van der Waals surface area (Å²) in [6.07, 6.45) is 6.40. The molecule has 2 aromatic rings. The quantitative estimate of drug-likeness (QED) is 0.456. The number of hydrogen-bond donors (Lipinski definition) is 0. The third-order valence-corrected chi connectivity index (χ3v) is 5.43. The van der Waals surface area contributed by atoms with E-state index < -0.39 is 0 Å². The summed E-state index contributed by atoms with van der Waals surface area (Å²) in [4.78, 5) is 6.98. The van der Waals surface area contributed by atoms with E-state index in [0.29, 0.717) is 16.5 Å². The predicted molar refractivity (Wildman–Crippen MR) is 106 cm³/mol. The number of benzene rings is 2. The van der Waals surface area contributed by atoms with Crippen LogP contribution in [0.25, 0.3) is 0 Å². The molecule has 1 aliphatic rings. The van der Waals surface area contributed by atoms with Crippen LogP contribution in [-0.4, -0.2) is 24.3 Å². The minimum absolute atomic E-state index is 0.174. The average molecular weight is 403 g/mol. The van der Waals surface area contributed by atoms with Crippen molar-refractivity contribution in [2.75, 3.05) is 13.1 Å². The van der Waals surface area contributed by atoms with Gasteiger partial charge in [0.2, 0.25) is 0 Å². The molecule has 1 aliphatic heterocycles. The number of hydrogen-bond acceptors (Lipinski definition) is 1. The van der Waals surface area contributed by atoms with E-state index in [-0.39, 0.29) is 5.82 Å². The first-order chi connectivity index (χ1) is 12.0. The molecule has 4 heteroatoms. The van der Waals surface area contributed by atoms with Crippen LogP contribution in [0.2, 0.25) is 0 Å². The zero-order valence-corrected chi connectivity index (χ0v) is 16.4. The summed E-state index contributed by atoms with van der Waals surface area (Å²) >= 11 is 3.26. The Bertz CT molecular complexity index is 780. The smallest absolute Gasteiger partial charge is 0.140 e. The minimum Gasteiger partial charge on any atom is -0.363 e. The zero-order valence-electron chi connectivity index (χ0n) is 14.9. The van der Waals surface area contributed by atoms with E-state index in [2.05, 4.69) is 51.8 Å². The Kier molecular flexibility index (Phi) is 5.89. The van der Waals surface area contributed by atoms with Gasteiger partial charge in [-0.1, -0.05) is 18.2 Å². The molecule has 1 saturated heterocycles. The minimum atomic E-state index is -0.174. The highest BCUT2D eigenvalue weighted by Crippen LogP contribution is 2.27. The second-order valence-electron chi connectivity index (χ2n) is 6.80. The van der Waals surface area contributed by atoms with E-state index >= 15 is 0 Å². The van der Waals surface area contributed by atoms with E-state index in [4.69, 9.17) is 0 Å². The molecule has 0 atom stereocenters. The second kappa shape index (κ2) is 8.13. The van der Waals surface area contributed by atoms with Crippen molar-refractivity contribution >= 4 is 28.0 Å². The molecule has 1 fully saturated rings. The van der Waals surface area contributed by atoms with Crippen LogP contribution in [0, 0.1) is 19.7 Å². The van der Waals surface area contributed by atoms with Gasteiger partial charge < -0.3 is 4.90 Å². The van der Waals surface area contributed by atoms with Gasteiger partial charge in [-0.25, -0.2) is 9.38 Å². The molecule has 0 bridgehead atoms. The summed E-state index contributed by atoms with van der Waals surface area (Å²) in [5.74, 6) is -0.174. The maximum Gasteiger partial charge on any atom is 0.140 e. The molecule has 0 amide bonds. The average Bonchev–Trinajstić information content (AvgIpc) is 2.61. The van der Waals surface area contributed by atoms with Crippen LogP contribution in [0.5, 0.6) is 0 Å². The normalized spacial score (nSPS) is 15.1. The number of likely N-dealkylation sites (tertiary alicyclic amines) is 1. The van der Waals surface area contributed by atoms with Crippen LogP contribution >= 0.6 is 15.9 Å². The third-order valence-electron chi connectivity index (χ3n) is 4.82. The first-order valence-electron chi connectivity index (χ1n) is 8.86. The Labute approximate surface area is 157 Å². The van der Waals surface area contributed by atoms with Crippen molar-refractivity contribution in [2.45, 2.75) is 39.5 Å². The Balaban J connectivity index is 1.80. The van der Waals surface area contributed by atoms with Crippen LogP contribution in [-0.2, 0) is 6.42 Å². The van der Waals surface area contributed by atoms with E-state index in [9.17, 15) is 4.39 Å². The molecule has 0 aromatic heterocycles. The third kappa shape index (κ3) is 4.49. The number of aliphatic imine (C=N–C) groups is 1. The van der Waals surface area contributed by atoms with Crippen molar-refractivity contribution in [3.63, 3.8) is 0 Å². The van der Waals surface area contributed by atoms with Crippen molar-refractivity contribution in [3.05, 3.63) is 62.9 Å². The van der Waals surface area contributed by atoms with E-state index in [1.807, 2.05) is 18.5 Å². The van der Waals surface area contributed by atoms with Crippen LogP contribution in [0.3, 0.4) is 0 Å². The van der Waals surface area contributed by atoms with Crippen LogP contribution in [0.4, 0.5) is 10.1 Å². The van der Waals surface area contributed by atoms with E-state index in [1.165, 1.54) is 19.3 Å². The van der Waals surface area contributed by atoms with Gasteiger partial charge in [-0.2, -0.15) is 0 Å². The Morgan fingerprint density at radius 2 is 1.84 bits per heavy atom. The van der Waals surface area contributed by atoms with Crippen molar-refractivity contribution in [1.29, 1.82) is 0 Å². The standard InChI is InChI=1S/C21H24BrFN2/c1-15-12-20(24-14-25-9-4-3-5-10-25)16(2)11-18(15)13-17-7-6-8-19(22)21(17)23/h6-8,11-12,14H,3-5,9-10,13H2,1-2H3/b24-14+. The molecule has 0 radical (unpaired) electrons. The lowest BCUT2D eigenvalue weighted by molar-refractivity contribution is 0.351. The van der Waals surface area contributed by atoms with Gasteiger partial charge >= 0.3 is 0 Å². The number of nitrogens with zero attached hydrogens (tertiary/aromatic N) is 2. The summed E-state index contributed by atoms with van der Waals surface area (Å²) in [7, 11) is 0. The molecule has 0 unspecified atom stereocenters. The summed E-state index contributed by atoms with van der Waals surface area (Å²) < 4.78 is 14.8. The first-order valence-corrected chi connectivity index (χ1v) is 9.65. The summed E-state index contributed by atoms with van der Waals surface area (Å²) in [6, 6.07) is 9.70. The fraction of sp³-hybridized carbons (Fsp3) is 0.381. The molecule has 0 aliphatic carbocycles. The number of halogens is 2. The zero-order chi connectivity index (χ0) is 17.8. The lowest BCUT2D eigenvalue weighted by atomic mass is 9.97. The van der Waals surface area contributed by atoms with Crippen LogP contribution in [0.15, 0.2) is 39.8 Å². The molecule has 0 saturated carbocycles. The van der Waals surface area contributed by atoms with Gasteiger partial charge in [0.15, 0.2) is 0 Å². The SMILES string of the molecule is Cc1cc(/N=C/N2CCCCC2)c(C)cc1Cc1cccc(Br)c1F. The summed E-state index contributed by atoms with van der Waals surface area (Å²) in [5, 5.41) is 0. The highest BCUT2D eigenvalue weighted by Gasteiger charge is 2.11. The highest BCUT2D eigenvalue weighted by atomic mass is 79.9. The Morgan fingerprint density at radius 3 is 2.60 bits per heavy atom. The van der Waals surface area contributed by atoms with E-state index in [1.54, 1.807) is 6.07 Å². The molecule has 132 valence electrons. The molecule has 2 nitrogen and oxygen atoms in total. The van der Waals surface area contributed by atoms with Gasteiger partial charge in [0.1, 0.15) is 5.82 Å². The monoisotopic (exact) mass is 402 g/mol.